The van der Waals surface area contributed by atoms with E-state index in [1.54, 1.807) is 12.1 Å². The molecule has 0 fully saturated rings. The topological polar surface area (TPSA) is 37.3 Å². The average Bonchev–Trinajstić information content (AvgIpc) is 2.05. The van der Waals surface area contributed by atoms with Crippen molar-refractivity contribution in [3.8, 4) is 0 Å². The summed E-state index contributed by atoms with van der Waals surface area (Å²) in [6, 6.07) is 6.90. The van der Waals surface area contributed by atoms with Gasteiger partial charge in [0.15, 0.2) is 0 Å². The van der Waals surface area contributed by atoms with Gasteiger partial charge in [0.05, 0.1) is 5.56 Å². The van der Waals surface area contributed by atoms with E-state index in [1.807, 2.05) is 12.1 Å². The number of aromatic carboxylic acids is 1. The second-order valence-corrected chi connectivity index (χ2v) is 2.90. The minimum atomic E-state index is -0.870. The van der Waals surface area contributed by atoms with Gasteiger partial charge in [-0.1, -0.05) is 17.6 Å². The summed E-state index contributed by atoms with van der Waals surface area (Å²) in [7, 11) is 0. The van der Waals surface area contributed by atoms with E-state index in [-0.39, 0.29) is 0 Å². The monoisotopic (exact) mass is 260 g/mol. The molecule has 0 bridgehead atoms. The van der Waals surface area contributed by atoms with E-state index >= 15 is 0 Å². The van der Waals surface area contributed by atoms with Gasteiger partial charge in [-0.2, -0.15) is 0 Å². The normalized spacial score (nSPS) is 9.18. The molecule has 1 N–H and O–H groups in total. The molecule has 0 heterocycles. The van der Waals surface area contributed by atoms with E-state index in [1.165, 1.54) is 0 Å². The maximum Gasteiger partial charge on any atom is 0.335 e. The molecule has 0 radical (unpaired) electrons. The standard InChI is InChI=1S/C7H6BIO2/c9-8-6-3-1-5(2-4-6)7(10)11/h1-4,8H,(H,10,11). The highest BCUT2D eigenvalue weighted by molar-refractivity contribution is 14.1. The van der Waals surface area contributed by atoms with Crippen LogP contribution in [-0.2, 0) is 0 Å². The number of halogens is 1. The Hall–Kier alpha value is -0.515. The van der Waals surface area contributed by atoms with Crippen molar-refractivity contribution in [2.75, 3.05) is 0 Å². The van der Waals surface area contributed by atoms with Gasteiger partial charge in [0.25, 0.3) is 0 Å². The van der Waals surface area contributed by atoms with Crippen LogP contribution in [0.2, 0.25) is 0 Å². The molecular weight excluding hydrogens is 254 g/mol. The summed E-state index contributed by atoms with van der Waals surface area (Å²) in [5.41, 5.74) is 1.49. The van der Waals surface area contributed by atoms with Crippen molar-refractivity contribution in [3.63, 3.8) is 0 Å². The molecule has 0 aliphatic carbocycles. The van der Waals surface area contributed by atoms with Crippen LogP contribution >= 0.6 is 22.4 Å². The van der Waals surface area contributed by atoms with Gasteiger partial charge < -0.3 is 5.11 Å². The van der Waals surface area contributed by atoms with Crippen molar-refractivity contribution in [2.24, 2.45) is 0 Å². The van der Waals surface area contributed by atoms with Crippen molar-refractivity contribution in [1.82, 2.24) is 0 Å². The van der Waals surface area contributed by atoms with Crippen LogP contribution in [0.1, 0.15) is 10.4 Å². The molecule has 0 saturated heterocycles. The molecule has 0 spiro atoms. The zero-order chi connectivity index (χ0) is 8.27. The zero-order valence-corrected chi connectivity index (χ0v) is 7.91. The number of carboxylic acid groups (broad SMARTS) is 1. The Bertz CT molecular complexity index is 258. The minimum Gasteiger partial charge on any atom is -0.478 e. The Labute approximate surface area is 78.7 Å². The molecule has 0 saturated carbocycles. The molecule has 0 aliphatic rings. The van der Waals surface area contributed by atoms with Gasteiger partial charge in [0.2, 0.25) is 5.14 Å². The zero-order valence-electron chi connectivity index (χ0n) is 5.75. The summed E-state index contributed by atoms with van der Waals surface area (Å²) in [6.45, 7) is 0. The Morgan fingerprint density at radius 1 is 1.36 bits per heavy atom. The molecule has 0 unspecified atom stereocenters. The summed E-state index contributed by atoms with van der Waals surface area (Å²) in [4.78, 5) is 10.4. The summed E-state index contributed by atoms with van der Waals surface area (Å²) >= 11 is 2.23. The van der Waals surface area contributed by atoms with Crippen molar-refractivity contribution in [3.05, 3.63) is 29.8 Å². The summed E-state index contributed by atoms with van der Waals surface area (Å²) < 4.78 is 0. The highest BCUT2D eigenvalue weighted by atomic mass is 127. The SMILES string of the molecule is O=C(O)c1ccc(BI)cc1. The van der Waals surface area contributed by atoms with E-state index in [9.17, 15) is 4.79 Å². The van der Waals surface area contributed by atoms with Gasteiger partial charge in [0.1, 0.15) is 0 Å². The molecule has 1 rings (SSSR count). The Kier molecular flexibility index (Phi) is 2.93. The first kappa shape index (κ1) is 8.58. The molecule has 0 amide bonds. The van der Waals surface area contributed by atoms with Crippen LogP contribution < -0.4 is 5.46 Å². The van der Waals surface area contributed by atoms with E-state index in [0.29, 0.717) is 5.56 Å². The van der Waals surface area contributed by atoms with Gasteiger partial charge in [0, 0.05) is 0 Å². The molecule has 56 valence electrons. The molecule has 11 heavy (non-hydrogen) atoms. The van der Waals surface area contributed by atoms with E-state index in [0.717, 1.165) is 10.6 Å². The second kappa shape index (κ2) is 3.76. The van der Waals surface area contributed by atoms with Gasteiger partial charge in [-0.25, -0.2) is 4.79 Å². The van der Waals surface area contributed by atoms with Crippen LogP contribution in [0.3, 0.4) is 0 Å². The Balaban J connectivity index is 2.91. The fourth-order valence-corrected chi connectivity index (χ4v) is 1.24. The lowest BCUT2D eigenvalue weighted by Crippen LogP contribution is -2.08. The van der Waals surface area contributed by atoms with E-state index in [4.69, 9.17) is 5.11 Å². The number of rotatable bonds is 2. The molecule has 2 nitrogen and oxygen atoms in total. The molecule has 1 aromatic rings. The maximum absolute atomic E-state index is 10.4. The maximum atomic E-state index is 10.4. The average molecular weight is 260 g/mol. The summed E-state index contributed by atoms with van der Waals surface area (Å²) in [5, 5.41) is 9.46. The first-order valence-electron chi connectivity index (χ1n) is 3.12. The smallest absolute Gasteiger partial charge is 0.335 e. The lowest BCUT2D eigenvalue weighted by Gasteiger charge is -1.94. The number of carbonyl (C=O) groups is 1. The highest BCUT2D eigenvalue weighted by Crippen LogP contribution is 1.96. The first-order chi connectivity index (χ1) is 5.24. The number of carboxylic acids is 1. The van der Waals surface area contributed by atoms with Gasteiger partial charge in [-0.15, -0.1) is 22.4 Å². The molecule has 1 aromatic carbocycles. The molecule has 0 aromatic heterocycles. The Morgan fingerprint density at radius 3 is 2.27 bits per heavy atom. The summed E-state index contributed by atoms with van der Waals surface area (Å²) in [5.74, 6) is -0.870. The predicted molar refractivity (Wildman–Crippen MR) is 54.2 cm³/mol. The van der Waals surface area contributed by atoms with E-state index in [2.05, 4.69) is 22.4 Å². The second-order valence-electron chi connectivity index (χ2n) is 2.14. The lowest BCUT2D eigenvalue weighted by molar-refractivity contribution is 0.0697. The highest BCUT2D eigenvalue weighted by Gasteiger charge is 2.00. The predicted octanol–water partition coefficient (Wildman–Crippen LogP) is 0.797. The molecule has 4 heteroatoms. The fourth-order valence-electron chi connectivity index (χ4n) is 0.736. The first-order valence-corrected chi connectivity index (χ1v) is 4.65. The fraction of sp³-hybridized carbons (Fsp3) is 0. The third kappa shape index (κ3) is 2.22. The largest absolute Gasteiger partial charge is 0.478 e. The van der Waals surface area contributed by atoms with Crippen molar-refractivity contribution >= 4 is 38.9 Å². The molecule has 0 atom stereocenters. The van der Waals surface area contributed by atoms with Crippen LogP contribution in [-0.4, -0.2) is 16.2 Å². The van der Waals surface area contributed by atoms with Crippen molar-refractivity contribution in [2.45, 2.75) is 0 Å². The van der Waals surface area contributed by atoms with Crippen LogP contribution in [0.25, 0.3) is 0 Å². The quantitative estimate of drug-likeness (QED) is 0.630. The number of hydrogen-bond donors (Lipinski definition) is 1. The minimum absolute atomic E-state index is 0.346. The third-order valence-electron chi connectivity index (χ3n) is 1.36. The van der Waals surface area contributed by atoms with E-state index < -0.39 is 5.97 Å². The summed E-state index contributed by atoms with van der Waals surface area (Å²) in [6.07, 6.45) is 0. The van der Waals surface area contributed by atoms with Crippen LogP contribution in [0, 0.1) is 0 Å². The third-order valence-corrected chi connectivity index (χ3v) is 2.24. The van der Waals surface area contributed by atoms with Gasteiger partial charge >= 0.3 is 5.97 Å². The van der Waals surface area contributed by atoms with Crippen molar-refractivity contribution < 1.29 is 9.90 Å². The molecule has 0 aliphatic heterocycles. The van der Waals surface area contributed by atoms with Gasteiger partial charge in [-0.3, -0.25) is 0 Å². The number of benzene rings is 1. The lowest BCUT2D eigenvalue weighted by atomic mass is 9.95. The van der Waals surface area contributed by atoms with Gasteiger partial charge in [-0.05, 0) is 12.1 Å². The number of hydrogen-bond acceptors (Lipinski definition) is 1. The van der Waals surface area contributed by atoms with Crippen LogP contribution in [0.4, 0.5) is 0 Å². The Morgan fingerprint density at radius 2 is 1.91 bits per heavy atom. The molecular formula is C7H6BIO2. The van der Waals surface area contributed by atoms with Crippen LogP contribution in [0.15, 0.2) is 24.3 Å². The van der Waals surface area contributed by atoms with Crippen molar-refractivity contribution in [1.29, 1.82) is 0 Å². The van der Waals surface area contributed by atoms with Crippen LogP contribution in [0.5, 0.6) is 0 Å².